The van der Waals surface area contributed by atoms with Gasteiger partial charge in [0.25, 0.3) is 0 Å². The molecule has 0 unspecified atom stereocenters. The van der Waals surface area contributed by atoms with Crippen molar-refractivity contribution < 1.29 is 9.47 Å². The molecule has 1 aromatic heterocycles. The van der Waals surface area contributed by atoms with Gasteiger partial charge in [0, 0.05) is 18.2 Å². The second kappa shape index (κ2) is 5.25. The average Bonchev–Trinajstić information content (AvgIpc) is 3.05. The van der Waals surface area contributed by atoms with Crippen LogP contribution in [0.25, 0.3) is 10.2 Å². The van der Waals surface area contributed by atoms with Gasteiger partial charge in [-0.25, -0.2) is 4.98 Å². The third-order valence-electron chi connectivity index (χ3n) is 3.58. The summed E-state index contributed by atoms with van der Waals surface area (Å²) in [5, 5.41) is 4.53. The van der Waals surface area contributed by atoms with E-state index in [1.807, 2.05) is 12.1 Å². The molecule has 1 N–H and O–H groups in total. The summed E-state index contributed by atoms with van der Waals surface area (Å²) in [6.07, 6.45) is 5.15. The number of anilines is 1. The molecule has 1 saturated carbocycles. The van der Waals surface area contributed by atoms with Crippen molar-refractivity contribution in [3.63, 3.8) is 0 Å². The number of ether oxygens (including phenoxy) is 2. The number of aromatic nitrogens is 1. The Hall–Kier alpha value is -1.49. The quantitative estimate of drug-likeness (QED) is 0.926. The van der Waals surface area contributed by atoms with Crippen LogP contribution in [0.15, 0.2) is 12.1 Å². The van der Waals surface area contributed by atoms with Crippen molar-refractivity contribution in [3.05, 3.63) is 12.1 Å². The van der Waals surface area contributed by atoms with E-state index in [2.05, 4.69) is 10.3 Å². The molecule has 0 atom stereocenters. The summed E-state index contributed by atoms with van der Waals surface area (Å²) >= 11 is 1.68. The van der Waals surface area contributed by atoms with E-state index in [0.717, 1.165) is 26.8 Å². The van der Waals surface area contributed by atoms with Crippen LogP contribution in [0.2, 0.25) is 0 Å². The monoisotopic (exact) mass is 278 g/mol. The van der Waals surface area contributed by atoms with E-state index in [1.165, 1.54) is 25.7 Å². The first-order chi connectivity index (χ1) is 9.30. The first-order valence-electron chi connectivity index (χ1n) is 6.59. The first kappa shape index (κ1) is 12.5. The molecule has 2 aromatic rings. The van der Waals surface area contributed by atoms with Crippen LogP contribution >= 0.6 is 11.3 Å². The van der Waals surface area contributed by atoms with Crippen molar-refractivity contribution in [2.75, 3.05) is 19.5 Å². The maximum Gasteiger partial charge on any atom is 0.184 e. The highest BCUT2D eigenvalue weighted by molar-refractivity contribution is 7.22. The molecule has 3 rings (SSSR count). The Bertz CT molecular complexity index is 535. The molecule has 0 aliphatic heterocycles. The molecule has 0 saturated heterocycles. The lowest BCUT2D eigenvalue weighted by atomic mass is 10.3. The van der Waals surface area contributed by atoms with E-state index in [-0.39, 0.29) is 0 Å². The highest BCUT2D eigenvalue weighted by Crippen LogP contribution is 2.36. The Morgan fingerprint density at radius 3 is 2.53 bits per heavy atom. The number of nitrogens with zero attached hydrogens (tertiary/aromatic N) is 1. The van der Waals surface area contributed by atoms with Crippen LogP contribution in [0.1, 0.15) is 25.7 Å². The van der Waals surface area contributed by atoms with Crippen LogP contribution in [0.5, 0.6) is 11.5 Å². The number of hydrogen-bond acceptors (Lipinski definition) is 5. The van der Waals surface area contributed by atoms with E-state index < -0.39 is 0 Å². The second-order valence-corrected chi connectivity index (χ2v) is 5.85. The molecule has 1 aliphatic rings. The molecule has 1 fully saturated rings. The highest BCUT2D eigenvalue weighted by Gasteiger charge is 2.17. The number of nitrogens with one attached hydrogen (secondary N) is 1. The van der Waals surface area contributed by atoms with Crippen LogP contribution in [0, 0.1) is 0 Å². The zero-order valence-electron chi connectivity index (χ0n) is 11.2. The van der Waals surface area contributed by atoms with Crippen LogP contribution < -0.4 is 14.8 Å². The molecule has 0 radical (unpaired) electrons. The van der Waals surface area contributed by atoms with Gasteiger partial charge >= 0.3 is 0 Å². The number of hydrogen-bond donors (Lipinski definition) is 1. The van der Waals surface area contributed by atoms with Gasteiger partial charge in [-0.15, -0.1) is 0 Å². The summed E-state index contributed by atoms with van der Waals surface area (Å²) in [6.45, 7) is 0. The third kappa shape index (κ3) is 2.47. The van der Waals surface area contributed by atoms with Gasteiger partial charge in [0.05, 0.1) is 24.4 Å². The van der Waals surface area contributed by atoms with Crippen LogP contribution in [0.4, 0.5) is 5.13 Å². The Morgan fingerprint density at radius 2 is 1.84 bits per heavy atom. The van der Waals surface area contributed by atoms with Gasteiger partial charge in [-0.1, -0.05) is 24.2 Å². The Labute approximate surface area is 116 Å². The topological polar surface area (TPSA) is 43.4 Å². The van der Waals surface area contributed by atoms with Gasteiger partial charge in [0.15, 0.2) is 16.6 Å². The maximum absolute atomic E-state index is 5.32. The smallest absolute Gasteiger partial charge is 0.184 e. The highest BCUT2D eigenvalue weighted by atomic mass is 32.1. The number of methoxy groups -OCH3 is 2. The lowest BCUT2D eigenvalue weighted by Crippen LogP contribution is -2.13. The predicted octanol–water partition coefficient (Wildman–Crippen LogP) is 3.67. The minimum absolute atomic E-state index is 0.587. The van der Waals surface area contributed by atoms with Gasteiger partial charge in [0.2, 0.25) is 0 Å². The number of thiazole rings is 1. The number of benzene rings is 1. The van der Waals surface area contributed by atoms with Gasteiger partial charge in [-0.2, -0.15) is 0 Å². The first-order valence-corrected chi connectivity index (χ1v) is 7.41. The van der Waals surface area contributed by atoms with Gasteiger partial charge in [-0.05, 0) is 12.8 Å². The summed E-state index contributed by atoms with van der Waals surface area (Å²) in [5.41, 5.74) is 0.961. The summed E-state index contributed by atoms with van der Waals surface area (Å²) in [4.78, 5) is 4.63. The Kier molecular flexibility index (Phi) is 3.46. The molecule has 0 spiro atoms. The minimum atomic E-state index is 0.587. The lowest BCUT2D eigenvalue weighted by molar-refractivity contribution is 0.356. The second-order valence-electron chi connectivity index (χ2n) is 4.82. The van der Waals surface area contributed by atoms with Crippen molar-refractivity contribution in [1.29, 1.82) is 0 Å². The number of rotatable bonds is 4. The van der Waals surface area contributed by atoms with Gasteiger partial charge in [-0.3, -0.25) is 0 Å². The van der Waals surface area contributed by atoms with Gasteiger partial charge in [0.1, 0.15) is 0 Å². The molecule has 0 amide bonds. The third-order valence-corrected chi connectivity index (χ3v) is 4.53. The fourth-order valence-electron chi connectivity index (χ4n) is 2.56. The van der Waals surface area contributed by atoms with Crippen molar-refractivity contribution in [1.82, 2.24) is 4.98 Å². The summed E-state index contributed by atoms with van der Waals surface area (Å²) < 4.78 is 11.8. The van der Waals surface area contributed by atoms with Gasteiger partial charge < -0.3 is 14.8 Å². The van der Waals surface area contributed by atoms with E-state index in [9.17, 15) is 0 Å². The summed E-state index contributed by atoms with van der Waals surface area (Å²) in [6, 6.07) is 4.51. The predicted molar refractivity (Wildman–Crippen MR) is 78.6 cm³/mol. The van der Waals surface area contributed by atoms with Crippen molar-refractivity contribution in [2.24, 2.45) is 0 Å². The molecule has 1 aliphatic carbocycles. The molecular weight excluding hydrogens is 260 g/mol. The van der Waals surface area contributed by atoms with Crippen molar-refractivity contribution >= 4 is 26.7 Å². The number of fused-ring (bicyclic) bond motifs is 1. The summed E-state index contributed by atoms with van der Waals surface area (Å²) in [7, 11) is 3.30. The van der Waals surface area contributed by atoms with E-state index in [1.54, 1.807) is 25.6 Å². The molecule has 4 nitrogen and oxygen atoms in total. The molecule has 5 heteroatoms. The standard InChI is InChI=1S/C14H18N2O2S/c1-17-11-7-10-13(8-12(11)18-2)19-14(16-10)15-9-5-3-4-6-9/h7-9H,3-6H2,1-2H3,(H,15,16). The van der Waals surface area contributed by atoms with E-state index in [4.69, 9.17) is 9.47 Å². The summed E-state index contributed by atoms with van der Waals surface area (Å²) in [5.74, 6) is 1.48. The molecule has 0 bridgehead atoms. The molecular formula is C14H18N2O2S. The lowest BCUT2D eigenvalue weighted by Gasteiger charge is -2.09. The van der Waals surface area contributed by atoms with Crippen LogP contribution in [-0.4, -0.2) is 25.2 Å². The fraction of sp³-hybridized carbons (Fsp3) is 0.500. The van der Waals surface area contributed by atoms with E-state index >= 15 is 0 Å². The zero-order valence-corrected chi connectivity index (χ0v) is 12.0. The minimum Gasteiger partial charge on any atom is -0.493 e. The van der Waals surface area contributed by atoms with Crippen LogP contribution in [-0.2, 0) is 0 Å². The Morgan fingerprint density at radius 1 is 1.16 bits per heavy atom. The van der Waals surface area contributed by atoms with Crippen molar-refractivity contribution in [2.45, 2.75) is 31.7 Å². The largest absolute Gasteiger partial charge is 0.493 e. The Balaban J connectivity index is 1.91. The maximum atomic E-state index is 5.32. The average molecular weight is 278 g/mol. The van der Waals surface area contributed by atoms with Crippen LogP contribution in [0.3, 0.4) is 0 Å². The van der Waals surface area contributed by atoms with E-state index in [0.29, 0.717) is 6.04 Å². The van der Waals surface area contributed by atoms with Crippen molar-refractivity contribution in [3.8, 4) is 11.5 Å². The molecule has 19 heavy (non-hydrogen) atoms. The molecule has 102 valence electrons. The fourth-order valence-corrected chi connectivity index (χ4v) is 3.51. The normalized spacial score (nSPS) is 15.9. The molecule has 1 aromatic carbocycles. The zero-order chi connectivity index (χ0) is 13.2. The SMILES string of the molecule is COc1cc2nc(NC3CCCC3)sc2cc1OC. The molecule has 1 heterocycles.